The van der Waals surface area contributed by atoms with Crippen LogP contribution < -0.4 is 0 Å². The molecule has 0 aromatic carbocycles. The highest BCUT2D eigenvalue weighted by atomic mass is 16.5. The van der Waals surface area contributed by atoms with Crippen molar-refractivity contribution in [1.82, 2.24) is 4.90 Å². The summed E-state index contributed by atoms with van der Waals surface area (Å²) in [6.45, 7) is 11.0. The van der Waals surface area contributed by atoms with Crippen LogP contribution in [0.3, 0.4) is 0 Å². The Morgan fingerprint density at radius 1 is 1.33 bits per heavy atom. The largest absolute Gasteiger partial charge is 0.374 e. The highest BCUT2D eigenvalue weighted by molar-refractivity contribution is 5.03. The summed E-state index contributed by atoms with van der Waals surface area (Å²) < 4.78 is 6.02. The number of hydrogen-bond acceptors (Lipinski definition) is 2. The monoisotopic (exact) mass is 211 g/mol. The highest BCUT2D eigenvalue weighted by Crippen LogP contribution is 2.42. The molecule has 2 rings (SSSR count). The molecule has 0 N–H and O–H groups in total. The Hall–Kier alpha value is -0.0800. The molecule has 2 fully saturated rings. The molecular formula is C13H25NO. The lowest BCUT2D eigenvalue weighted by Gasteiger charge is -2.36. The molecule has 15 heavy (non-hydrogen) atoms. The minimum absolute atomic E-state index is 0.00877. The van der Waals surface area contributed by atoms with Crippen molar-refractivity contribution in [1.29, 1.82) is 0 Å². The molecule has 0 amide bonds. The van der Waals surface area contributed by atoms with E-state index in [9.17, 15) is 0 Å². The molecule has 2 heteroatoms. The number of fused-ring (bicyclic) bond motifs is 1. The van der Waals surface area contributed by atoms with Gasteiger partial charge in [0.2, 0.25) is 0 Å². The van der Waals surface area contributed by atoms with Crippen molar-refractivity contribution in [3.8, 4) is 0 Å². The molecule has 2 nitrogen and oxygen atoms in total. The van der Waals surface area contributed by atoms with E-state index < -0.39 is 0 Å². The van der Waals surface area contributed by atoms with Gasteiger partial charge in [-0.15, -0.1) is 0 Å². The van der Waals surface area contributed by atoms with Gasteiger partial charge in [-0.2, -0.15) is 0 Å². The molecule has 0 aliphatic carbocycles. The van der Waals surface area contributed by atoms with Crippen molar-refractivity contribution in [3.63, 3.8) is 0 Å². The van der Waals surface area contributed by atoms with E-state index in [1.165, 1.54) is 32.2 Å². The van der Waals surface area contributed by atoms with Gasteiger partial charge >= 0.3 is 0 Å². The third-order valence-corrected chi connectivity index (χ3v) is 3.98. The first-order chi connectivity index (χ1) is 6.93. The van der Waals surface area contributed by atoms with Crippen LogP contribution in [0.5, 0.6) is 0 Å². The van der Waals surface area contributed by atoms with Gasteiger partial charge in [0.05, 0.1) is 12.2 Å². The normalized spacial score (nSPS) is 37.2. The zero-order chi connectivity index (χ0) is 11.1. The minimum atomic E-state index is 0.00877. The topological polar surface area (TPSA) is 12.5 Å². The number of nitrogens with zero attached hydrogens (tertiary/aromatic N) is 1. The number of hydrogen-bond donors (Lipinski definition) is 0. The zero-order valence-corrected chi connectivity index (χ0v) is 10.7. The van der Waals surface area contributed by atoms with Crippen LogP contribution in [-0.4, -0.2) is 35.2 Å². The van der Waals surface area contributed by atoms with Crippen LogP contribution in [0, 0.1) is 0 Å². The van der Waals surface area contributed by atoms with Crippen LogP contribution in [0.25, 0.3) is 0 Å². The third-order valence-electron chi connectivity index (χ3n) is 3.98. The molecule has 0 saturated carbocycles. The van der Waals surface area contributed by atoms with Crippen molar-refractivity contribution >= 4 is 0 Å². The van der Waals surface area contributed by atoms with Crippen molar-refractivity contribution in [2.24, 2.45) is 0 Å². The van der Waals surface area contributed by atoms with Crippen LogP contribution >= 0.6 is 0 Å². The van der Waals surface area contributed by atoms with Gasteiger partial charge in [-0.25, -0.2) is 0 Å². The average molecular weight is 211 g/mol. The first-order valence-corrected chi connectivity index (χ1v) is 6.34. The SMILES string of the molecule is CC1CC[C@]2(COC(C)(C)C)CCCN12. The Bertz CT molecular complexity index is 233. The third kappa shape index (κ3) is 2.21. The van der Waals surface area contributed by atoms with Crippen LogP contribution in [0.1, 0.15) is 53.4 Å². The second-order valence-electron chi connectivity index (χ2n) is 6.31. The Morgan fingerprint density at radius 3 is 2.73 bits per heavy atom. The first kappa shape index (κ1) is 11.4. The van der Waals surface area contributed by atoms with Gasteiger partial charge in [0, 0.05) is 11.6 Å². The lowest BCUT2D eigenvalue weighted by atomic mass is 9.95. The second kappa shape index (κ2) is 3.74. The lowest BCUT2D eigenvalue weighted by molar-refractivity contribution is -0.0559. The van der Waals surface area contributed by atoms with Gasteiger partial charge in [0.1, 0.15) is 0 Å². The van der Waals surface area contributed by atoms with Crippen LogP contribution in [0.15, 0.2) is 0 Å². The van der Waals surface area contributed by atoms with E-state index in [0.717, 1.165) is 12.6 Å². The van der Waals surface area contributed by atoms with E-state index in [2.05, 4.69) is 32.6 Å². The van der Waals surface area contributed by atoms with Gasteiger partial charge < -0.3 is 4.74 Å². The van der Waals surface area contributed by atoms with E-state index in [-0.39, 0.29) is 5.60 Å². The summed E-state index contributed by atoms with van der Waals surface area (Å²) in [6.07, 6.45) is 5.39. The summed E-state index contributed by atoms with van der Waals surface area (Å²) in [7, 11) is 0. The van der Waals surface area contributed by atoms with Crippen molar-refractivity contribution in [2.45, 2.75) is 70.6 Å². The minimum Gasteiger partial charge on any atom is -0.374 e. The maximum atomic E-state index is 6.02. The van der Waals surface area contributed by atoms with Crippen molar-refractivity contribution in [2.75, 3.05) is 13.2 Å². The second-order valence-corrected chi connectivity index (χ2v) is 6.31. The zero-order valence-electron chi connectivity index (χ0n) is 10.7. The Morgan fingerprint density at radius 2 is 2.07 bits per heavy atom. The molecule has 0 aromatic heterocycles. The summed E-state index contributed by atoms with van der Waals surface area (Å²) in [4.78, 5) is 2.69. The first-order valence-electron chi connectivity index (χ1n) is 6.34. The van der Waals surface area contributed by atoms with Crippen LogP contribution in [0.2, 0.25) is 0 Å². The van der Waals surface area contributed by atoms with Gasteiger partial charge in [-0.1, -0.05) is 0 Å². The quantitative estimate of drug-likeness (QED) is 0.696. The van der Waals surface area contributed by atoms with E-state index in [0.29, 0.717) is 5.54 Å². The van der Waals surface area contributed by atoms with Gasteiger partial charge in [-0.3, -0.25) is 4.90 Å². The molecule has 2 saturated heterocycles. The van der Waals surface area contributed by atoms with E-state index in [1.54, 1.807) is 0 Å². The van der Waals surface area contributed by atoms with Gasteiger partial charge in [0.15, 0.2) is 0 Å². The average Bonchev–Trinajstić information content (AvgIpc) is 2.64. The fraction of sp³-hybridized carbons (Fsp3) is 1.00. The van der Waals surface area contributed by atoms with Gasteiger partial charge in [0.25, 0.3) is 0 Å². The summed E-state index contributed by atoms with van der Waals surface area (Å²) in [5.74, 6) is 0. The molecule has 0 radical (unpaired) electrons. The fourth-order valence-electron chi connectivity index (χ4n) is 3.13. The molecule has 2 atom stereocenters. The summed E-state index contributed by atoms with van der Waals surface area (Å²) in [5, 5.41) is 0. The molecule has 1 unspecified atom stereocenters. The molecule has 2 aliphatic rings. The molecule has 88 valence electrons. The van der Waals surface area contributed by atoms with Crippen LogP contribution in [-0.2, 0) is 4.74 Å². The standard InChI is InChI=1S/C13H25NO/c1-11-6-8-13(7-5-9-14(11)13)10-15-12(2,3)4/h11H,5-10H2,1-4H3/t11?,13-/m0/s1. The van der Waals surface area contributed by atoms with E-state index in [4.69, 9.17) is 4.74 Å². The summed E-state index contributed by atoms with van der Waals surface area (Å²) in [5.41, 5.74) is 0.404. The Balaban J connectivity index is 2.00. The summed E-state index contributed by atoms with van der Waals surface area (Å²) in [6, 6.07) is 0.774. The van der Waals surface area contributed by atoms with Crippen LogP contribution in [0.4, 0.5) is 0 Å². The molecule has 0 spiro atoms. The number of ether oxygens (including phenoxy) is 1. The predicted molar refractivity (Wildman–Crippen MR) is 63.1 cm³/mol. The predicted octanol–water partition coefficient (Wildman–Crippen LogP) is 2.82. The smallest absolute Gasteiger partial charge is 0.0657 e. The van der Waals surface area contributed by atoms with Gasteiger partial charge in [-0.05, 0) is 59.9 Å². The van der Waals surface area contributed by atoms with E-state index >= 15 is 0 Å². The molecule has 0 bridgehead atoms. The maximum absolute atomic E-state index is 6.02. The van der Waals surface area contributed by atoms with E-state index in [1.807, 2.05) is 0 Å². The maximum Gasteiger partial charge on any atom is 0.0657 e. The Kier molecular flexibility index (Phi) is 2.85. The molecule has 2 aliphatic heterocycles. The molecule has 0 aromatic rings. The summed E-state index contributed by atoms with van der Waals surface area (Å²) >= 11 is 0. The molecular weight excluding hydrogens is 186 g/mol. The fourth-order valence-corrected chi connectivity index (χ4v) is 3.13. The highest BCUT2D eigenvalue weighted by Gasteiger charge is 2.48. The van der Waals surface area contributed by atoms with Crippen molar-refractivity contribution in [3.05, 3.63) is 0 Å². The Labute approximate surface area is 94.0 Å². The number of rotatable bonds is 2. The molecule has 2 heterocycles. The van der Waals surface area contributed by atoms with Crippen molar-refractivity contribution < 1.29 is 4.74 Å². The lowest BCUT2D eigenvalue weighted by Crippen LogP contribution is -2.46.